The Bertz CT molecular complexity index is 2060. The number of fused-ring (bicyclic) bond motifs is 3. The van der Waals surface area contributed by atoms with Crippen molar-refractivity contribution in [2.45, 2.75) is 9.79 Å². The third-order valence-corrected chi connectivity index (χ3v) is 8.76. The zero-order valence-electron chi connectivity index (χ0n) is 21.8. The Hall–Kier alpha value is -6.10. The van der Waals surface area contributed by atoms with Gasteiger partial charge in [-0.25, -0.2) is 0 Å². The highest BCUT2D eigenvalue weighted by atomic mass is 32.2. The van der Waals surface area contributed by atoms with Crippen molar-refractivity contribution in [3.05, 3.63) is 122 Å². The molecule has 0 radical (unpaired) electrons. The van der Waals surface area contributed by atoms with Crippen LogP contribution in [0.5, 0.6) is 11.5 Å². The highest BCUT2D eigenvalue weighted by Crippen LogP contribution is 2.54. The van der Waals surface area contributed by atoms with E-state index in [1.165, 1.54) is 48.5 Å². The maximum absolute atomic E-state index is 13.2. The zero-order valence-corrected chi connectivity index (χ0v) is 23.4. The fourth-order valence-electron chi connectivity index (χ4n) is 4.55. The molecule has 0 aliphatic heterocycles. The number of benzene rings is 4. The number of hydrogen-bond donors (Lipinski definition) is 0. The Labute approximate surface area is 248 Å². The number of rotatable bonds is 8. The summed E-state index contributed by atoms with van der Waals surface area (Å²) < 4.78 is 63.0. The van der Waals surface area contributed by atoms with E-state index < -0.39 is 84.6 Å². The molecule has 0 N–H and O–H groups in total. The highest BCUT2D eigenvalue weighted by molar-refractivity contribution is 7.87. The third kappa shape index (κ3) is 5.18. The SMILES string of the molecule is N#CC(C#N)=C1c2cc(S(=O)(=O)Oc3ccccc3)cc([N+](=O)[O-])c2-c2c1cc(S(=O)(=O)Oc1ccccc1)cc2[N+](=O)[O-]. The smallest absolute Gasteiger partial charge is 0.339 e. The summed E-state index contributed by atoms with van der Waals surface area (Å²) >= 11 is 0. The van der Waals surface area contributed by atoms with Crippen LogP contribution in [0, 0.1) is 42.9 Å². The van der Waals surface area contributed by atoms with E-state index in [-0.39, 0.29) is 11.5 Å². The molecule has 1 aliphatic carbocycles. The minimum Gasteiger partial charge on any atom is -0.379 e. The molecule has 0 heterocycles. The lowest BCUT2D eigenvalue weighted by molar-refractivity contribution is -0.386. The van der Waals surface area contributed by atoms with Crippen LogP contribution in [0.1, 0.15) is 11.1 Å². The Balaban J connectivity index is 1.83. The summed E-state index contributed by atoms with van der Waals surface area (Å²) in [5.41, 5.74) is -4.90. The first-order chi connectivity index (χ1) is 20.9. The summed E-state index contributed by atoms with van der Waals surface area (Å²) in [7, 11) is -9.55. The van der Waals surface area contributed by atoms with Gasteiger partial charge in [0.1, 0.15) is 39.0 Å². The lowest BCUT2D eigenvalue weighted by Gasteiger charge is -2.10. The van der Waals surface area contributed by atoms with Crippen LogP contribution < -0.4 is 8.37 Å². The number of allylic oxidation sites excluding steroid dienone is 1. The fourth-order valence-corrected chi connectivity index (χ4v) is 6.51. The van der Waals surface area contributed by atoms with Crippen LogP contribution in [0.4, 0.5) is 11.4 Å². The second-order valence-electron chi connectivity index (χ2n) is 8.92. The molecule has 0 amide bonds. The second kappa shape index (κ2) is 11.0. The van der Waals surface area contributed by atoms with Crippen LogP contribution in [0.25, 0.3) is 16.7 Å². The third-order valence-electron chi connectivity index (χ3n) is 6.31. The van der Waals surface area contributed by atoms with Crippen LogP contribution in [-0.4, -0.2) is 26.7 Å². The monoisotopic (exact) mass is 630 g/mol. The van der Waals surface area contributed by atoms with Gasteiger partial charge < -0.3 is 8.37 Å². The van der Waals surface area contributed by atoms with Gasteiger partial charge in [0.2, 0.25) is 0 Å². The van der Waals surface area contributed by atoms with Gasteiger partial charge in [0, 0.05) is 28.8 Å². The van der Waals surface area contributed by atoms with Gasteiger partial charge in [-0.3, -0.25) is 20.2 Å². The number of nitrogens with zero attached hydrogens (tertiary/aromatic N) is 4. The van der Waals surface area contributed by atoms with E-state index in [0.29, 0.717) is 12.1 Å². The van der Waals surface area contributed by atoms with Gasteiger partial charge in [-0.15, -0.1) is 0 Å². The first-order valence-corrected chi connectivity index (χ1v) is 14.9. The molecular formula is C28H14N4O10S2. The summed E-state index contributed by atoms with van der Waals surface area (Å²) in [6, 6.07) is 20.5. The van der Waals surface area contributed by atoms with Gasteiger partial charge in [0.15, 0.2) is 0 Å². The minimum absolute atomic E-state index is 0.131. The molecule has 5 rings (SSSR count). The molecule has 0 spiro atoms. The molecule has 0 saturated heterocycles. The second-order valence-corrected chi connectivity index (χ2v) is 12.0. The van der Waals surface area contributed by atoms with Crippen molar-refractivity contribution in [3.63, 3.8) is 0 Å². The van der Waals surface area contributed by atoms with Gasteiger partial charge >= 0.3 is 20.2 Å². The Morgan fingerprint density at radius 3 is 1.32 bits per heavy atom. The van der Waals surface area contributed by atoms with Crippen LogP contribution in [0.3, 0.4) is 0 Å². The molecule has 0 saturated carbocycles. The summed E-state index contributed by atoms with van der Waals surface area (Å²) in [4.78, 5) is 21.0. The first kappa shape index (κ1) is 29.4. The maximum Gasteiger partial charge on any atom is 0.339 e. The van der Waals surface area contributed by atoms with Crippen molar-refractivity contribution in [2.24, 2.45) is 0 Å². The maximum atomic E-state index is 13.2. The summed E-state index contributed by atoms with van der Waals surface area (Å²) in [5, 5.41) is 44.1. The van der Waals surface area contributed by atoms with E-state index in [1.54, 1.807) is 24.3 Å². The number of nitriles is 2. The molecule has 0 fully saturated rings. The van der Waals surface area contributed by atoms with Crippen molar-refractivity contribution >= 4 is 37.2 Å². The molecule has 16 heteroatoms. The number of nitro groups is 2. The minimum atomic E-state index is -4.78. The lowest BCUT2D eigenvalue weighted by Crippen LogP contribution is -2.11. The molecule has 0 unspecified atom stereocenters. The predicted octanol–water partition coefficient (Wildman–Crippen LogP) is 4.87. The predicted molar refractivity (Wildman–Crippen MR) is 151 cm³/mol. The van der Waals surface area contributed by atoms with Gasteiger partial charge in [-0.1, -0.05) is 36.4 Å². The van der Waals surface area contributed by atoms with Crippen molar-refractivity contribution in [3.8, 4) is 34.8 Å². The Morgan fingerprint density at radius 1 is 0.636 bits per heavy atom. The van der Waals surface area contributed by atoms with E-state index >= 15 is 0 Å². The molecular weight excluding hydrogens is 616 g/mol. The first-order valence-electron chi connectivity index (χ1n) is 12.1. The number of para-hydroxylation sites is 2. The highest BCUT2D eigenvalue weighted by Gasteiger charge is 2.41. The van der Waals surface area contributed by atoms with E-state index in [2.05, 4.69) is 0 Å². The van der Waals surface area contributed by atoms with Gasteiger partial charge in [-0.05, 0) is 36.4 Å². The molecule has 1 aliphatic rings. The van der Waals surface area contributed by atoms with Crippen molar-refractivity contribution in [1.82, 2.24) is 0 Å². The van der Waals surface area contributed by atoms with Crippen LogP contribution in [-0.2, 0) is 20.2 Å². The van der Waals surface area contributed by atoms with Gasteiger partial charge in [0.25, 0.3) is 11.4 Å². The van der Waals surface area contributed by atoms with Crippen molar-refractivity contribution < 1.29 is 35.0 Å². The summed E-state index contributed by atoms with van der Waals surface area (Å²) in [5.74, 6) is -0.262. The van der Waals surface area contributed by atoms with Gasteiger partial charge in [0.05, 0.1) is 21.0 Å². The fraction of sp³-hybridized carbons (Fsp3) is 0. The quantitative estimate of drug-likeness (QED) is 0.0970. The van der Waals surface area contributed by atoms with Gasteiger partial charge in [-0.2, -0.15) is 27.4 Å². The Kier molecular flexibility index (Phi) is 7.32. The molecule has 4 aromatic rings. The average molecular weight is 631 g/mol. The molecule has 44 heavy (non-hydrogen) atoms. The molecule has 0 aromatic heterocycles. The molecule has 218 valence electrons. The lowest BCUT2D eigenvalue weighted by atomic mass is 9.99. The number of hydrogen-bond acceptors (Lipinski definition) is 12. The van der Waals surface area contributed by atoms with Crippen molar-refractivity contribution in [2.75, 3.05) is 0 Å². The summed E-state index contributed by atoms with van der Waals surface area (Å²) in [6.07, 6.45) is 0. The number of nitro benzene ring substituents is 2. The molecule has 0 atom stereocenters. The van der Waals surface area contributed by atoms with E-state index in [0.717, 1.165) is 12.1 Å². The topological polar surface area (TPSA) is 221 Å². The largest absolute Gasteiger partial charge is 0.379 e. The molecule has 14 nitrogen and oxygen atoms in total. The van der Waals surface area contributed by atoms with Crippen LogP contribution in [0.15, 0.2) is 100 Å². The molecule has 0 bridgehead atoms. The van der Waals surface area contributed by atoms with E-state index in [4.69, 9.17) is 8.37 Å². The normalized spacial score (nSPS) is 11.8. The summed E-state index contributed by atoms with van der Waals surface area (Å²) in [6.45, 7) is 0. The van der Waals surface area contributed by atoms with Crippen LogP contribution >= 0.6 is 0 Å². The standard InChI is InChI=1S/C28H14N4O10S2/c29-15-17(16-30)26-22-11-20(43(37,38)41-18-7-3-1-4-8-18)13-24(31(33)34)27(22)28-23(26)12-21(14-25(28)32(35)36)44(39,40)42-19-9-5-2-6-10-19/h1-14H. The van der Waals surface area contributed by atoms with Crippen molar-refractivity contribution in [1.29, 1.82) is 10.5 Å². The van der Waals surface area contributed by atoms with E-state index in [1.807, 2.05) is 0 Å². The molecule has 4 aromatic carbocycles. The van der Waals surface area contributed by atoms with E-state index in [9.17, 15) is 47.6 Å². The average Bonchev–Trinajstić information content (AvgIpc) is 3.31. The Morgan fingerprint density at radius 2 is 1.00 bits per heavy atom. The van der Waals surface area contributed by atoms with Crippen LogP contribution in [0.2, 0.25) is 0 Å². The zero-order chi connectivity index (χ0) is 31.8.